The van der Waals surface area contributed by atoms with Gasteiger partial charge < -0.3 is 19.2 Å². The molecule has 1 aliphatic heterocycles. The highest BCUT2D eigenvalue weighted by Crippen LogP contribution is 2.36. The maximum Gasteiger partial charge on any atom is 0.573 e. The van der Waals surface area contributed by atoms with Crippen molar-refractivity contribution in [1.29, 1.82) is 0 Å². The second kappa shape index (κ2) is 7.78. The lowest BCUT2D eigenvalue weighted by atomic mass is 9.76. The highest BCUT2D eigenvalue weighted by molar-refractivity contribution is 5.71. The van der Waals surface area contributed by atoms with Gasteiger partial charge in [0.15, 0.2) is 0 Å². The smallest absolute Gasteiger partial charge is 0.444 e. The minimum Gasteiger partial charge on any atom is -0.444 e. The Kier molecular flexibility index (Phi) is 6.07. The molecule has 8 heteroatoms. The Labute approximate surface area is 156 Å². The van der Waals surface area contributed by atoms with Crippen molar-refractivity contribution in [3.63, 3.8) is 0 Å². The quantitative estimate of drug-likeness (QED) is 0.720. The third-order valence-electron chi connectivity index (χ3n) is 4.40. The number of amides is 1. The Morgan fingerprint density at radius 2 is 1.89 bits per heavy atom. The van der Waals surface area contributed by atoms with Crippen LogP contribution in [0.4, 0.5) is 18.0 Å². The van der Waals surface area contributed by atoms with Crippen LogP contribution in [0.15, 0.2) is 24.3 Å². The molecule has 1 atom stereocenters. The van der Waals surface area contributed by atoms with Crippen LogP contribution in [0.25, 0.3) is 0 Å². The van der Waals surface area contributed by atoms with E-state index in [1.54, 1.807) is 26.8 Å². The summed E-state index contributed by atoms with van der Waals surface area (Å²) in [7, 11) is 0. The first-order valence-electron chi connectivity index (χ1n) is 8.75. The zero-order chi connectivity index (χ0) is 20.3. The summed E-state index contributed by atoms with van der Waals surface area (Å²) in [6.07, 6.45) is -3.25. The number of nitrogens with zero attached hydrogens (tertiary/aromatic N) is 1. The molecule has 5 nitrogen and oxygen atoms in total. The Balaban J connectivity index is 2.19. The number of alkyl halides is 3. The number of likely N-dealkylation sites (tertiary alicyclic amines) is 1. The van der Waals surface area contributed by atoms with Gasteiger partial charge in [0.25, 0.3) is 0 Å². The van der Waals surface area contributed by atoms with Gasteiger partial charge in [-0.05, 0) is 57.7 Å². The van der Waals surface area contributed by atoms with Crippen LogP contribution in [0.1, 0.15) is 45.6 Å². The third-order valence-corrected chi connectivity index (χ3v) is 4.40. The molecule has 0 radical (unpaired) electrons. The van der Waals surface area contributed by atoms with E-state index in [1.807, 2.05) is 0 Å². The summed E-state index contributed by atoms with van der Waals surface area (Å²) in [5, 5.41) is 0. The molecule has 1 fully saturated rings. The second-order valence-electron chi connectivity index (χ2n) is 7.67. The van der Waals surface area contributed by atoms with Gasteiger partial charge in [0.2, 0.25) is 0 Å². The fourth-order valence-corrected chi connectivity index (χ4v) is 3.14. The molecule has 1 saturated heterocycles. The SMILES string of the molecule is CC(C)(C)OC(=O)N1CCCC(C=O)(c2cccc(OC(F)(F)F)c2)CC1. The molecular weight excluding hydrogens is 363 g/mol. The van der Waals surface area contributed by atoms with Crippen LogP contribution in [0.2, 0.25) is 0 Å². The molecule has 0 bridgehead atoms. The molecule has 0 N–H and O–H groups in total. The molecule has 1 amide bonds. The van der Waals surface area contributed by atoms with E-state index < -0.39 is 23.5 Å². The van der Waals surface area contributed by atoms with Crippen molar-refractivity contribution in [3.8, 4) is 5.75 Å². The predicted octanol–water partition coefficient (Wildman–Crippen LogP) is 4.44. The molecule has 0 aromatic heterocycles. The fraction of sp³-hybridized carbons (Fsp3) is 0.579. The number of carbonyl (C=O) groups excluding carboxylic acids is 2. The number of hydrogen-bond acceptors (Lipinski definition) is 4. The van der Waals surface area contributed by atoms with E-state index in [0.29, 0.717) is 31.4 Å². The Bertz CT molecular complexity index is 684. The largest absolute Gasteiger partial charge is 0.573 e. The van der Waals surface area contributed by atoms with Crippen LogP contribution in [-0.4, -0.2) is 42.3 Å². The molecule has 1 heterocycles. The monoisotopic (exact) mass is 387 g/mol. The summed E-state index contributed by atoms with van der Waals surface area (Å²) in [4.78, 5) is 25.8. The maximum absolute atomic E-state index is 12.5. The van der Waals surface area contributed by atoms with E-state index in [9.17, 15) is 22.8 Å². The molecule has 0 aliphatic carbocycles. The van der Waals surface area contributed by atoms with E-state index in [2.05, 4.69) is 4.74 Å². The number of ether oxygens (including phenoxy) is 2. The van der Waals surface area contributed by atoms with E-state index in [-0.39, 0.29) is 12.3 Å². The van der Waals surface area contributed by atoms with Crippen molar-refractivity contribution in [2.45, 2.75) is 57.4 Å². The van der Waals surface area contributed by atoms with E-state index in [1.165, 1.54) is 23.1 Å². The van der Waals surface area contributed by atoms with Crippen LogP contribution >= 0.6 is 0 Å². The van der Waals surface area contributed by atoms with Gasteiger partial charge in [-0.2, -0.15) is 0 Å². The maximum atomic E-state index is 12.5. The number of rotatable bonds is 3. The average molecular weight is 387 g/mol. The number of aldehydes is 1. The molecule has 27 heavy (non-hydrogen) atoms. The average Bonchev–Trinajstić information content (AvgIpc) is 2.75. The van der Waals surface area contributed by atoms with Crippen LogP contribution in [-0.2, 0) is 14.9 Å². The third kappa shape index (κ3) is 5.87. The highest BCUT2D eigenvalue weighted by atomic mass is 19.4. The first-order valence-corrected chi connectivity index (χ1v) is 8.75. The van der Waals surface area contributed by atoms with Crippen molar-refractivity contribution in [2.24, 2.45) is 0 Å². The van der Waals surface area contributed by atoms with Gasteiger partial charge in [-0.1, -0.05) is 12.1 Å². The van der Waals surface area contributed by atoms with Crippen LogP contribution < -0.4 is 4.74 Å². The van der Waals surface area contributed by atoms with Crippen molar-refractivity contribution in [3.05, 3.63) is 29.8 Å². The molecule has 2 rings (SSSR count). The number of benzene rings is 1. The van der Waals surface area contributed by atoms with Crippen LogP contribution in [0, 0.1) is 0 Å². The molecule has 0 spiro atoms. The minimum absolute atomic E-state index is 0.276. The summed E-state index contributed by atoms with van der Waals surface area (Å²) in [6, 6.07) is 5.48. The fourth-order valence-electron chi connectivity index (χ4n) is 3.14. The molecule has 1 aliphatic rings. The topological polar surface area (TPSA) is 55.8 Å². The Hall–Kier alpha value is -2.25. The summed E-state index contributed by atoms with van der Waals surface area (Å²) in [6.45, 7) is 6.00. The zero-order valence-corrected chi connectivity index (χ0v) is 15.6. The lowest BCUT2D eigenvalue weighted by Crippen LogP contribution is -2.38. The second-order valence-corrected chi connectivity index (χ2v) is 7.67. The summed E-state index contributed by atoms with van der Waals surface area (Å²) in [5.41, 5.74) is -1.15. The van der Waals surface area contributed by atoms with Crippen molar-refractivity contribution < 1.29 is 32.2 Å². The first kappa shape index (κ1) is 21.1. The number of carbonyl (C=O) groups is 2. The van der Waals surface area contributed by atoms with Gasteiger partial charge in [-0.15, -0.1) is 13.2 Å². The predicted molar refractivity (Wildman–Crippen MR) is 92.5 cm³/mol. The normalized spacial score (nSPS) is 21.3. The summed E-state index contributed by atoms with van der Waals surface area (Å²) < 4.78 is 46.8. The van der Waals surface area contributed by atoms with Crippen molar-refractivity contribution in [2.75, 3.05) is 13.1 Å². The van der Waals surface area contributed by atoms with E-state index >= 15 is 0 Å². The number of halogens is 3. The van der Waals surface area contributed by atoms with E-state index in [0.717, 1.165) is 6.29 Å². The van der Waals surface area contributed by atoms with Gasteiger partial charge >= 0.3 is 12.5 Å². The van der Waals surface area contributed by atoms with Crippen LogP contribution in [0.3, 0.4) is 0 Å². The van der Waals surface area contributed by atoms with Gasteiger partial charge in [0, 0.05) is 13.1 Å². The van der Waals surface area contributed by atoms with Gasteiger partial charge in [-0.25, -0.2) is 4.79 Å². The summed E-state index contributed by atoms with van der Waals surface area (Å²) in [5.74, 6) is -0.366. The van der Waals surface area contributed by atoms with Gasteiger partial charge in [-0.3, -0.25) is 0 Å². The standard InChI is InChI=1S/C19H24F3NO4/c1-17(2,3)27-16(25)23-10-5-8-18(13-24,9-11-23)14-6-4-7-15(12-14)26-19(20,21)22/h4,6-7,12-13H,5,8-11H2,1-3H3. The molecule has 1 unspecified atom stereocenters. The minimum atomic E-state index is -4.80. The highest BCUT2D eigenvalue weighted by Gasteiger charge is 2.37. The van der Waals surface area contributed by atoms with Gasteiger partial charge in [0.05, 0.1) is 5.41 Å². The first-order chi connectivity index (χ1) is 12.4. The van der Waals surface area contributed by atoms with Crippen molar-refractivity contribution >= 4 is 12.4 Å². The van der Waals surface area contributed by atoms with Crippen molar-refractivity contribution in [1.82, 2.24) is 4.90 Å². The Morgan fingerprint density at radius 3 is 2.48 bits per heavy atom. The molecule has 150 valence electrons. The zero-order valence-electron chi connectivity index (χ0n) is 15.6. The molecular formula is C19H24F3NO4. The summed E-state index contributed by atoms with van der Waals surface area (Å²) >= 11 is 0. The molecule has 1 aromatic carbocycles. The van der Waals surface area contributed by atoms with Gasteiger partial charge in [0.1, 0.15) is 17.6 Å². The molecule has 0 saturated carbocycles. The Morgan fingerprint density at radius 1 is 1.19 bits per heavy atom. The lowest BCUT2D eigenvalue weighted by molar-refractivity contribution is -0.274. The lowest BCUT2D eigenvalue weighted by Gasteiger charge is -2.29. The van der Waals surface area contributed by atoms with E-state index in [4.69, 9.17) is 4.74 Å². The number of hydrogen-bond donors (Lipinski definition) is 0. The van der Waals surface area contributed by atoms with Crippen LogP contribution in [0.5, 0.6) is 5.75 Å². The molecule has 1 aromatic rings.